The van der Waals surface area contributed by atoms with E-state index in [4.69, 9.17) is 4.74 Å². The Kier molecular flexibility index (Phi) is 5.20. The molecule has 3 rings (SSSR count). The lowest BCUT2D eigenvalue weighted by molar-refractivity contribution is 0.178. The van der Waals surface area contributed by atoms with E-state index in [-0.39, 0.29) is 0 Å². The first kappa shape index (κ1) is 16.6. The van der Waals surface area contributed by atoms with Crippen LogP contribution in [-0.4, -0.2) is 53.2 Å². The average Bonchev–Trinajstić information content (AvgIpc) is 2.62. The molecule has 0 bridgehead atoms. The van der Waals surface area contributed by atoms with E-state index in [0.29, 0.717) is 12.6 Å². The second-order valence-corrected chi connectivity index (χ2v) is 6.11. The summed E-state index contributed by atoms with van der Waals surface area (Å²) < 4.78 is 5.12. The van der Waals surface area contributed by atoms with E-state index in [0.717, 1.165) is 49.1 Å². The Morgan fingerprint density at radius 3 is 2.75 bits per heavy atom. The Morgan fingerprint density at radius 1 is 1.25 bits per heavy atom. The number of hydrogen-bond acceptors (Lipinski definition) is 7. The van der Waals surface area contributed by atoms with Crippen LogP contribution in [0.1, 0.15) is 24.4 Å². The fraction of sp³-hybridized carbons (Fsp3) is 0.529. The molecule has 1 aliphatic heterocycles. The van der Waals surface area contributed by atoms with Gasteiger partial charge in [-0.15, -0.1) is 0 Å². The van der Waals surface area contributed by atoms with E-state index in [1.807, 2.05) is 19.1 Å². The van der Waals surface area contributed by atoms with Crippen LogP contribution < -0.4 is 9.80 Å². The third-order valence-electron chi connectivity index (χ3n) is 4.45. The molecule has 0 radical (unpaired) electrons. The largest absolute Gasteiger partial charge is 0.377 e. The van der Waals surface area contributed by atoms with Gasteiger partial charge in [-0.2, -0.15) is 0 Å². The number of aromatic nitrogens is 4. The molecule has 0 unspecified atom stereocenters. The summed E-state index contributed by atoms with van der Waals surface area (Å²) in [6, 6.07) is 4.49. The lowest BCUT2D eigenvalue weighted by Crippen LogP contribution is -2.44. The Balaban J connectivity index is 1.62. The van der Waals surface area contributed by atoms with Crippen LogP contribution in [0.3, 0.4) is 0 Å². The molecule has 0 N–H and O–H groups in total. The van der Waals surface area contributed by atoms with Crippen molar-refractivity contribution in [1.29, 1.82) is 0 Å². The maximum Gasteiger partial charge on any atom is 0.156 e. The van der Waals surface area contributed by atoms with Crippen LogP contribution in [0.15, 0.2) is 24.7 Å². The van der Waals surface area contributed by atoms with E-state index in [9.17, 15) is 0 Å². The number of rotatable bonds is 5. The van der Waals surface area contributed by atoms with Gasteiger partial charge < -0.3 is 14.5 Å². The lowest BCUT2D eigenvalue weighted by atomic mass is 10.0. The van der Waals surface area contributed by atoms with Crippen LogP contribution in [0.4, 0.5) is 11.6 Å². The molecule has 7 nitrogen and oxygen atoms in total. The minimum Gasteiger partial charge on any atom is -0.377 e. The van der Waals surface area contributed by atoms with Crippen LogP contribution in [0.25, 0.3) is 0 Å². The summed E-state index contributed by atoms with van der Waals surface area (Å²) in [5, 5.41) is 0. The molecular formula is C17H24N6O. The van der Waals surface area contributed by atoms with E-state index in [2.05, 4.69) is 36.8 Å². The summed E-state index contributed by atoms with van der Waals surface area (Å²) in [4.78, 5) is 22.0. The van der Waals surface area contributed by atoms with Crippen molar-refractivity contribution < 1.29 is 4.74 Å². The molecule has 0 atom stereocenters. The second-order valence-electron chi connectivity index (χ2n) is 6.11. The van der Waals surface area contributed by atoms with E-state index >= 15 is 0 Å². The van der Waals surface area contributed by atoms with Gasteiger partial charge >= 0.3 is 0 Å². The van der Waals surface area contributed by atoms with E-state index < -0.39 is 0 Å². The molecule has 0 aliphatic carbocycles. The highest BCUT2D eigenvalue weighted by molar-refractivity contribution is 5.41. The smallest absolute Gasteiger partial charge is 0.156 e. The van der Waals surface area contributed by atoms with Crippen LogP contribution in [-0.2, 0) is 11.3 Å². The van der Waals surface area contributed by atoms with Gasteiger partial charge in [-0.25, -0.2) is 19.9 Å². The van der Waals surface area contributed by atoms with Gasteiger partial charge in [0, 0.05) is 51.2 Å². The second kappa shape index (κ2) is 7.53. The summed E-state index contributed by atoms with van der Waals surface area (Å²) in [5.41, 5.74) is 0.996. The first-order chi connectivity index (χ1) is 11.7. The molecular weight excluding hydrogens is 304 g/mol. The van der Waals surface area contributed by atoms with E-state index in [1.54, 1.807) is 19.6 Å². The van der Waals surface area contributed by atoms with Crippen LogP contribution in [0.5, 0.6) is 0 Å². The standard InChI is InChI=1S/C17H24N6O/c1-13-10-17(20-12-19-13)22(2)14-5-8-23(9-6-14)16-4-7-18-15(21-16)11-24-3/h4,7,10,12,14H,5-6,8-9,11H2,1-3H3. The zero-order chi connectivity index (χ0) is 16.9. The Hall–Kier alpha value is -2.28. The molecule has 1 saturated heterocycles. The quantitative estimate of drug-likeness (QED) is 0.829. The van der Waals surface area contributed by atoms with Crippen molar-refractivity contribution >= 4 is 11.6 Å². The molecule has 1 aliphatic rings. The predicted molar refractivity (Wildman–Crippen MR) is 93.2 cm³/mol. The maximum absolute atomic E-state index is 5.12. The number of piperidine rings is 1. The zero-order valence-electron chi connectivity index (χ0n) is 14.5. The number of ether oxygens (including phenoxy) is 1. The molecule has 3 heterocycles. The molecule has 7 heteroatoms. The van der Waals surface area contributed by atoms with Gasteiger partial charge in [-0.3, -0.25) is 0 Å². The van der Waals surface area contributed by atoms with E-state index in [1.165, 1.54) is 0 Å². The number of anilines is 2. The fourth-order valence-electron chi connectivity index (χ4n) is 3.07. The van der Waals surface area contributed by atoms with Gasteiger partial charge in [0.05, 0.1) is 0 Å². The third-order valence-corrected chi connectivity index (χ3v) is 4.45. The van der Waals surface area contributed by atoms with Crippen LogP contribution in [0, 0.1) is 6.92 Å². The highest BCUT2D eigenvalue weighted by atomic mass is 16.5. The van der Waals surface area contributed by atoms with Gasteiger partial charge in [-0.05, 0) is 25.8 Å². The van der Waals surface area contributed by atoms with Gasteiger partial charge in [0.25, 0.3) is 0 Å². The molecule has 24 heavy (non-hydrogen) atoms. The van der Waals surface area contributed by atoms with Crippen molar-refractivity contribution in [2.75, 3.05) is 37.0 Å². The Bertz CT molecular complexity index is 672. The normalized spacial score (nSPS) is 15.5. The number of aryl methyl sites for hydroxylation is 1. The van der Waals surface area contributed by atoms with Crippen molar-refractivity contribution in [3.05, 3.63) is 36.2 Å². The van der Waals surface area contributed by atoms with Crippen molar-refractivity contribution in [2.24, 2.45) is 0 Å². The van der Waals surface area contributed by atoms with Crippen molar-refractivity contribution in [1.82, 2.24) is 19.9 Å². The van der Waals surface area contributed by atoms with Crippen molar-refractivity contribution in [2.45, 2.75) is 32.4 Å². The summed E-state index contributed by atoms with van der Waals surface area (Å²) in [6.07, 6.45) is 5.58. The third kappa shape index (κ3) is 3.79. The topological polar surface area (TPSA) is 67.3 Å². The molecule has 0 spiro atoms. The fourth-order valence-corrected chi connectivity index (χ4v) is 3.07. The van der Waals surface area contributed by atoms with Gasteiger partial charge in [0.2, 0.25) is 0 Å². The van der Waals surface area contributed by atoms with Crippen LogP contribution in [0.2, 0.25) is 0 Å². The summed E-state index contributed by atoms with van der Waals surface area (Å²) in [5.74, 6) is 2.70. The minimum absolute atomic E-state index is 0.445. The van der Waals surface area contributed by atoms with Gasteiger partial charge in [0.15, 0.2) is 5.82 Å². The van der Waals surface area contributed by atoms with Crippen molar-refractivity contribution in [3.63, 3.8) is 0 Å². The first-order valence-electron chi connectivity index (χ1n) is 8.24. The molecule has 128 valence electrons. The predicted octanol–water partition coefficient (Wildman–Crippen LogP) is 1.83. The number of hydrogen-bond donors (Lipinski definition) is 0. The summed E-state index contributed by atoms with van der Waals surface area (Å²) in [7, 11) is 3.77. The van der Waals surface area contributed by atoms with Gasteiger partial charge in [0.1, 0.15) is 24.6 Å². The highest BCUT2D eigenvalue weighted by Crippen LogP contribution is 2.23. The molecule has 1 fully saturated rings. The van der Waals surface area contributed by atoms with Crippen molar-refractivity contribution in [3.8, 4) is 0 Å². The molecule has 0 amide bonds. The minimum atomic E-state index is 0.445. The first-order valence-corrected chi connectivity index (χ1v) is 8.24. The SMILES string of the molecule is COCc1nccc(N2CCC(N(C)c3cc(C)ncn3)CC2)n1. The number of nitrogens with zero attached hydrogens (tertiary/aromatic N) is 6. The molecule has 0 aromatic carbocycles. The Morgan fingerprint density at radius 2 is 2.04 bits per heavy atom. The number of methoxy groups -OCH3 is 1. The zero-order valence-corrected chi connectivity index (χ0v) is 14.5. The highest BCUT2D eigenvalue weighted by Gasteiger charge is 2.24. The summed E-state index contributed by atoms with van der Waals surface area (Å²) in [6.45, 7) is 4.39. The molecule has 2 aromatic heterocycles. The van der Waals surface area contributed by atoms with Gasteiger partial charge in [-0.1, -0.05) is 0 Å². The molecule has 0 saturated carbocycles. The Labute approximate surface area is 142 Å². The average molecular weight is 328 g/mol. The lowest BCUT2D eigenvalue weighted by Gasteiger charge is -2.37. The molecule has 2 aromatic rings. The monoisotopic (exact) mass is 328 g/mol. The summed E-state index contributed by atoms with van der Waals surface area (Å²) >= 11 is 0. The maximum atomic E-state index is 5.12. The van der Waals surface area contributed by atoms with Crippen LogP contribution >= 0.6 is 0 Å².